The molecule has 2 aromatic carbocycles. The van der Waals surface area contributed by atoms with Gasteiger partial charge >= 0.3 is 0 Å². The molecule has 0 N–H and O–H groups in total. The molecule has 0 radical (unpaired) electrons. The molecule has 0 fully saturated rings. The van der Waals surface area contributed by atoms with E-state index < -0.39 is 10.8 Å². The van der Waals surface area contributed by atoms with E-state index >= 15 is 0 Å². The van der Waals surface area contributed by atoms with Gasteiger partial charge in [-0.25, -0.2) is 4.39 Å². The van der Waals surface area contributed by atoms with E-state index in [1.54, 1.807) is 0 Å². The summed E-state index contributed by atoms with van der Waals surface area (Å²) in [5, 5.41) is 0. The van der Waals surface area contributed by atoms with Crippen molar-refractivity contribution in [3.63, 3.8) is 0 Å². The summed E-state index contributed by atoms with van der Waals surface area (Å²) in [5.41, 5.74) is 2.45. The van der Waals surface area contributed by atoms with Gasteiger partial charge in [-0.05, 0) is 36.8 Å². The first-order valence-corrected chi connectivity index (χ1v) is 7.72. The Bertz CT molecular complexity index is 635. The molecule has 0 saturated heterocycles. The van der Waals surface area contributed by atoms with Crippen LogP contribution in [0.4, 0.5) is 4.39 Å². The van der Waals surface area contributed by atoms with Gasteiger partial charge in [-0.3, -0.25) is 9.00 Å². The molecule has 0 heterocycles. The topological polar surface area (TPSA) is 34.1 Å². The van der Waals surface area contributed by atoms with Crippen molar-refractivity contribution in [2.24, 2.45) is 0 Å². The van der Waals surface area contributed by atoms with Gasteiger partial charge in [-0.1, -0.05) is 29.8 Å². The Hall–Kier alpha value is -1.81. The molecule has 2 nitrogen and oxygen atoms in total. The lowest BCUT2D eigenvalue weighted by Crippen LogP contribution is -2.12. The van der Waals surface area contributed by atoms with Crippen LogP contribution in [-0.2, 0) is 16.6 Å². The molecule has 0 aliphatic heterocycles. The average molecular weight is 290 g/mol. The van der Waals surface area contributed by atoms with E-state index in [0.29, 0.717) is 11.3 Å². The van der Waals surface area contributed by atoms with Crippen LogP contribution < -0.4 is 0 Å². The van der Waals surface area contributed by atoms with E-state index in [9.17, 15) is 13.4 Å². The molecule has 104 valence electrons. The van der Waals surface area contributed by atoms with Crippen molar-refractivity contribution in [3.05, 3.63) is 71.0 Å². The van der Waals surface area contributed by atoms with Crippen LogP contribution in [0, 0.1) is 12.7 Å². The lowest BCUT2D eigenvalue weighted by atomic mass is 10.1. The maximum absolute atomic E-state index is 12.8. The Morgan fingerprint density at radius 3 is 2.50 bits per heavy atom. The van der Waals surface area contributed by atoms with Crippen LogP contribution in [-0.4, -0.2) is 15.7 Å². The fraction of sp³-hybridized carbons (Fsp3) is 0.188. The summed E-state index contributed by atoms with van der Waals surface area (Å²) in [6, 6.07) is 13.0. The van der Waals surface area contributed by atoms with Crippen molar-refractivity contribution in [1.29, 1.82) is 0 Å². The molecule has 0 aliphatic rings. The number of Topliss-reactive ketones (excluding diaryl/α,β-unsaturated/α-hetero) is 1. The second-order valence-electron chi connectivity index (χ2n) is 4.65. The van der Waals surface area contributed by atoms with Crippen molar-refractivity contribution in [2.45, 2.75) is 12.7 Å². The van der Waals surface area contributed by atoms with Crippen LogP contribution >= 0.6 is 0 Å². The van der Waals surface area contributed by atoms with Gasteiger partial charge in [0.15, 0.2) is 5.78 Å². The normalized spacial score (nSPS) is 12.1. The number of carbonyl (C=O) groups excluding carboxylic acids is 1. The molecule has 0 aliphatic carbocycles. The molecule has 0 bridgehead atoms. The lowest BCUT2D eigenvalue weighted by Gasteiger charge is -2.04. The maximum atomic E-state index is 12.8. The van der Waals surface area contributed by atoms with Gasteiger partial charge in [0.05, 0.1) is 5.75 Å². The van der Waals surface area contributed by atoms with Crippen molar-refractivity contribution in [3.8, 4) is 0 Å². The van der Waals surface area contributed by atoms with Crippen molar-refractivity contribution >= 4 is 16.6 Å². The van der Waals surface area contributed by atoms with Crippen molar-refractivity contribution < 1.29 is 13.4 Å². The number of hydrogen-bond acceptors (Lipinski definition) is 2. The third-order valence-electron chi connectivity index (χ3n) is 2.87. The van der Waals surface area contributed by atoms with Crippen molar-refractivity contribution in [2.75, 3.05) is 5.75 Å². The van der Waals surface area contributed by atoms with E-state index in [0.717, 1.165) is 11.1 Å². The molecule has 4 heteroatoms. The number of rotatable bonds is 5. The maximum Gasteiger partial charge on any atom is 0.175 e. The Kier molecular flexibility index (Phi) is 4.79. The molecule has 0 aromatic heterocycles. The van der Waals surface area contributed by atoms with E-state index in [2.05, 4.69) is 0 Å². The van der Waals surface area contributed by atoms with Crippen LogP contribution in [0.5, 0.6) is 0 Å². The molecule has 0 amide bonds. The quantitative estimate of drug-likeness (QED) is 0.792. The molecule has 1 unspecified atom stereocenters. The van der Waals surface area contributed by atoms with Crippen LogP contribution in [0.15, 0.2) is 48.5 Å². The number of halogens is 1. The minimum absolute atomic E-state index is 0.0421. The molecule has 20 heavy (non-hydrogen) atoms. The number of aryl methyl sites for hydroxylation is 1. The molecule has 2 rings (SSSR count). The molecule has 1 atom stereocenters. The molecule has 0 spiro atoms. The van der Waals surface area contributed by atoms with E-state index in [4.69, 9.17) is 0 Å². The third-order valence-corrected chi connectivity index (χ3v) is 4.11. The summed E-state index contributed by atoms with van der Waals surface area (Å²) in [6.45, 7) is 1.97. The van der Waals surface area contributed by atoms with Gasteiger partial charge in [0.25, 0.3) is 0 Å². The monoisotopic (exact) mass is 290 g/mol. The molecular formula is C16H15FO2S. The minimum Gasteiger partial charge on any atom is -0.293 e. The summed E-state index contributed by atoms with van der Waals surface area (Å²) in [7, 11) is -1.26. The first-order chi connectivity index (χ1) is 9.54. The highest BCUT2D eigenvalue weighted by molar-refractivity contribution is 7.85. The highest BCUT2D eigenvalue weighted by Crippen LogP contribution is 2.09. The Morgan fingerprint density at radius 2 is 1.85 bits per heavy atom. The predicted octanol–water partition coefficient (Wildman–Crippen LogP) is 3.27. The van der Waals surface area contributed by atoms with Gasteiger partial charge in [-0.2, -0.15) is 0 Å². The van der Waals surface area contributed by atoms with Gasteiger partial charge in [0.2, 0.25) is 0 Å². The average Bonchev–Trinajstić information content (AvgIpc) is 2.39. The Morgan fingerprint density at radius 1 is 1.15 bits per heavy atom. The number of hydrogen-bond donors (Lipinski definition) is 0. The fourth-order valence-electron chi connectivity index (χ4n) is 1.90. The zero-order valence-electron chi connectivity index (χ0n) is 11.1. The fourth-order valence-corrected chi connectivity index (χ4v) is 3.02. The summed E-state index contributed by atoms with van der Waals surface area (Å²) < 4.78 is 24.8. The first kappa shape index (κ1) is 14.6. The number of ketones is 1. The second-order valence-corrected chi connectivity index (χ2v) is 6.10. The minimum atomic E-state index is -1.26. The van der Waals surface area contributed by atoms with E-state index in [1.807, 2.05) is 31.2 Å². The number of benzene rings is 2. The van der Waals surface area contributed by atoms with Crippen LogP contribution in [0.25, 0.3) is 0 Å². The second kappa shape index (κ2) is 6.57. The van der Waals surface area contributed by atoms with Gasteiger partial charge in [-0.15, -0.1) is 0 Å². The van der Waals surface area contributed by atoms with Crippen molar-refractivity contribution in [1.82, 2.24) is 0 Å². The standard InChI is InChI=1S/C16H15FO2S/c1-12-3-2-4-13(9-12)10-20(19)11-16(18)14-5-7-15(17)8-6-14/h2-9H,10-11H2,1H3. The predicted molar refractivity (Wildman–Crippen MR) is 78.6 cm³/mol. The zero-order chi connectivity index (χ0) is 14.5. The summed E-state index contributed by atoms with van der Waals surface area (Å²) in [4.78, 5) is 11.9. The highest BCUT2D eigenvalue weighted by Gasteiger charge is 2.11. The van der Waals surface area contributed by atoms with Gasteiger partial charge in [0.1, 0.15) is 5.82 Å². The summed E-state index contributed by atoms with van der Waals surface area (Å²) in [6.07, 6.45) is 0. The van der Waals surface area contributed by atoms with Crippen LogP contribution in [0.1, 0.15) is 21.5 Å². The van der Waals surface area contributed by atoms with Gasteiger partial charge < -0.3 is 0 Å². The van der Waals surface area contributed by atoms with E-state index in [-0.39, 0.29) is 17.4 Å². The lowest BCUT2D eigenvalue weighted by molar-refractivity contribution is 0.102. The molecule has 2 aromatic rings. The Labute approximate surface area is 120 Å². The number of carbonyl (C=O) groups is 1. The third kappa shape index (κ3) is 4.10. The summed E-state index contributed by atoms with van der Waals surface area (Å²) >= 11 is 0. The zero-order valence-corrected chi connectivity index (χ0v) is 12.0. The molecule has 0 saturated carbocycles. The van der Waals surface area contributed by atoms with Gasteiger partial charge in [0, 0.05) is 22.1 Å². The van der Waals surface area contributed by atoms with Crippen LogP contribution in [0.3, 0.4) is 0 Å². The smallest absolute Gasteiger partial charge is 0.175 e. The highest BCUT2D eigenvalue weighted by atomic mass is 32.2. The SMILES string of the molecule is Cc1cccc(CS(=O)CC(=O)c2ccc(F)cc2)c1. The molecular weight excluding hydrogens is 275 g/mol. The first-order valence-electron chi connectivity index (χ1n) is 6.24. The summed E-state index contributed by atoms with van der Waals surface area (Å²) in [5.74, 6) is -0.299. The van der Waals surface area contributed by atoms with E-state index in [1.165, 1.54) is 24.3 Å². The Balaban J connectivity index is 1.97. The van der Waals surface area contributed by atoms with Crippen LogP contribution in [0.2, 0.25) is 0 Å². The largest absolute Gasteiger partial charge is 0.293 e.